The molecule has 0 atom stereocenters. The lowest BCUT2D eigenvalue weighted by Gasteiger charge is -2.26. The van der Waals surface area contributed by atoms with Crippen LogP contribution < -0.4 is 4.90 Å². The molecule has 0 aliphatic carbocycles. The second-order valence-corrected chi connectivity index (χ2v) is 15.6. The Morgan fingerprint density at radius 1 is 0.349 bits per heavy atom. The number of rotatable bonds is 8. The van der Waals surface area contributed by atoms with Crippen LogP contribution in [0.2, 0.25) is 0 Å². The van der Waals surface area contributed by atoms with E-state index in [0.29, 0.717) is 17.6 Å². The molecule has 0 saturated heterocycles. The summed E-state index contributed by atoms with van der Waals surface area (Å²) >= 11 is 0. The summed E-state index contributed by atoms with van der Waals surface area (Å²) in [5, 5.41) is 4.25. The van der Waals surface area contributed by atoms with Crippen molar-refractivity contribution >= 4 is 60.8 Å². The number of fused-ring (bicyclic) bond motifs is 6. The Morgan fingerprint density at radius 3 is 1.62 bits per heavy atom. The van der Waals surface area contributed by atoms with Crippen molar-refractivity contribution in [2.24, 2.45) is 0 Å². The van der Waals surface area contributed by atoms with E-state index >= 15 is 0 Å². The second-order valence-electron chi connectivity index (χ2n) is 15.6. The van der Waals surface area contributed by atoms with Gasteiger partial charge < -0.3 is 9.32 Å². The van der Waals surface area contributed by atoms with Gasteiger partial charge in [0.1, 0.15) is 11.2 Å². The third-order valence-corrected chi connectivity index (χ3v) is 11.9. The molecule has 63 heavy (non-hydrogen) atoms. The molecule has 0 aliphatic heterocycles. The number of aromatic nitrogens is 4. The van der Waals surface area contributed by atoms with Crippen LogP contribution in [0.1, 0.15) is 0 Å². The molecular weight excluding hydrogens is 771 g/mol. The molecule has 0 radical (unpaired) electrons. The van der Waals surface area contributed by atoms with E-state index in [4.69, 9.17) is 19.4 Å². The van der Waals surface area contributed by atoms with Crippen molar-refractivity contribution in [1.82, 2.24) is 19.5 Å². The van der Waals surface area contributed by atoms with Crippen LogP contribution in [0.5, 0.6) is 0 Å². The Labute approximate surface area is 363 Å². The summed E-state index contributed by atoms with van der Waals surface area (Å²) in [5.41, 5.74) is 13.2. The van der Waals surface area contributed by atoms with Gasteiger partial charge in [-0.15, -0.1) is 0 Å². The molecule has 6 nitrogen and oxygen atoms in total. The summed E-state index contributed by atoms with van der Waals surface area (Å²) in [5.74, 6) is 1.73. The second kappa shape index (κ2) is 15.1. The SMILES string of the molecule is c1ccc(-c2cccc(N(c3ccccc3)c3ccc(-c4ccc5c(c4)oc4cccc(-c6nc(-c7ccccc7)nc(-n7c8ccccc8c8ccccc87)n6)c45)cc3)c2)cc1. The first-order valence-electron chi connectivity index (χ1n) is 21.1. The highest BCUT2D eigenvalue weighted by Crippen LogP contribution is 2.41. The zero-order valence-corrected chi connectivity index (χ0v) is 34.0. The highest BCUT2D eigenvalue weighted by molar-refractivity contribution is 6.13. The van der Waals surface area contributed by atoms with Gasteiger partial charge in [-0.3, -0.25) is 4.57 Å². The van der Waals surface area contributed by atoms with Gasteiger partial charge in [-0.1, -0.05) is 158 Å². The lowest BCUT2D eigenvalue weighted by Crippen LogP contribution is -2.09. The van der Waals surface area contributed by atoms with Gasteiger partial charge in [0, 0.05) is 49.7 Å². The van der Waals surface area contributed by atoms with Crippen LogP contribution in [0.15, 0.2) is 229 Å². The average molecular weight is 808 g/mol. The molecule has 9 aromatic carbocycles. The van der Waals surface area contributed by atoms with E-state index in [0.717, 1.165) is 83.1 Å². The topological polar surface area (TPSA) is 60.0 Å². The molecule has 0 bridgehead atoms. The quantitative estimate of drug-likeness (QED) is 0.153. The zero-order valence-electron chi connectivity index (χ0n) is 34.0. The molecule has 0 amide bonds. The van der Waals surface area contributed by atoms with Crippen LogP contribution in [0, 0.1) is 0 Å². The molecular formula is C57H37N5O. The summed E-state index contributed by atoms with van der Waals surface area (Å²) in [6.45, 7) is 0. The van der Waals surface area contributed by atoms with E-state index in [1.165, 1.54) is 11.1 Å². The van der Waals surface area contributed by atoms with E-state index in [-0.39, 0.29) is 0 Å². The van der Waals surface area contributed by atoms with Crippen LogP contribution in [0.4, 0.5) is 17.1 Å². The normalized spacial score (nSPS) is 11.5. The van der Waals surface area contributed by atoms with E-state index in [9.17, 15) is 0 Å². The summed E-state index contributed by atoms with van der Waals surface area (Å²) in [7, 11) is 0. The molecule has 296 valence electrons. The predicted octanol–water partition coefficient (Wildman–Crippen LogP) is 15.0. The Balaban J connectivity index is 0.949. The molecule has 0 aliphatic rings. The minimum atomic E-state index is 0.557. The number of anilines is 3. The first-order valence-corrected chi connectivity index (χ1v) is 21.1. The van der Waals surface area contributed by atoms with Gasteiger partial charge in [0.15, 0.2) is 11.6 Å². The fourth-order valence-corrected chi connectivity index (χ4v) is 8.91. The van der Waals surface area contributed by atoms with Crippen molar-refractivity contribution in [3.05, 3.63) is 224 Å². The maximum atomic E-state index is 6.65. The molecule has 0 spiro atoms. The van der Waals surface area contributed by atoms with Crippen LogP contribution in [-0.2, 0) is 0 Å². The highest BCUT2D eigenvalue weighted by Gasteiger charge is 2.21. The third kappa shape index (κ3) is 6.40. The zero-order chi connectivity index (χ0) is 41.7. The van der Waals surface area contributed by atoms with Crippen LogP contribution in [-0.4, -0.2) is 19.5 Å². The number of hydrogen-bond acceptors (Lipinski definition) is 5. The maximum absolute atomic E-state index is 6.65. The fourth-order valence-electron chi connectivity index (χ4n) is 8.91. The number of furan rings is 1. The van der Waals surface area contributed by atoms with Crippen molar-refractivity contribution in [2.75, 3.05) is 4.90 Å². The number of nitrogens with zero attached hydrogens (tertiary/aromatic N) is 5. The van der Waals surface area contributed by atoms with Gasteiger partial charge in [0.2, 0.25) is 5.95 Å². The van der Waals surface area contributed by atoms with Crippen molar-refractivity contribution in [1.29, 1.82) is 0 Å². The molecule has 3 heterocycles. The van der Waals surface area contributed by atoms with E-state index in [1.54, 1.807) is 0 Å². The maximum Gasteiger partial charge on any atom is 0.238 e. The molecule has 0 N–H and O–H groups in total. The summed E-state index contributed by atoms with van der Waals surface area (Å²) in [6, 6.07) is 78.0. The largest absolute Gasteiger partial charge is 0.456 e. The van der Waals surface area contributed by atoms with Crippen molar-refractivity contribution in [3.8, 4) is 51.0 Å². The van der Waals surface area contributed by atoms with Crippen molar-refractivity contribution in [2.45, 2.75) is 0 Å². The van der Waals surface area contributed by atoms with E-state index < -0.39 is 0 Å². The molecule has 0 saturated carbocycles. The standard InChI is InChI=1S/C57H37N5O/c1-4-16-38(17-5-1)41-20-14-23-45(36-41)61(43-21-8-3-9-22-43)44-33-30-39(31-34-44)42-32-35-48-53(37-42)63-52-29-15-26-49(54(48)52)56-58-55(40-18-6-2-7-19-40)59-57(60-56)62-50-27-12-10-24-46(50)47-25-11-13-28-51(47)62/h1-37H. The number of para-hydroxylation sites is 3. The Hall–Kier alpha value is -8.61. The Kier molecular flexibility index (Phi) is 8.71. The monoisotopic (exact) mass is 807 g/mol. The van der Waals surface area contributed by atoms with Crippen molar-refractivity contribution < 1.29 is 4.42 Å². The minimum absolute atomic E-state index is 0.557. The summed E-state index contributed by atoms with van der Waals surface area (Å²) in [6.07, 6.45) is 0. The van der Waals surface area contributed by atoms with Crippen molar-refractivity contribution in [3.63, 3.8) is 0 Å². The van der Waals surface area contributed by atoms with Crippen LogP contribution in [0.3, 0.4) is 0 Å². The number of hydrogen-bond donors (Lipinski definition) is 0. The molecule has 0 unspecified atom stereocenters. The van der Waals surface area contributed by atoms with Crippen LogP contribution >= 0.6 is 0 Å². The van der Waals surface area contributed by atoms with Crippen LogP contribution in [0.25, 0.3) is 94.7 Å². The van der Waals surface area contributed by atoms with Gasteiger partial charge in [-0.05, 0) is 89.0 Å². The van der Waals surface area contributed by atoms with E-state index in [1.807, 2.05) is 42.5 Å². The average Bonchev–Trinajstić information content (AvgIpc) is 3.91. The first kappa shape index (κ1) is 36.3. The molecule has 3 aromatic heterocycles. The van der Waals surface area contributed by atoms with Gasteiger partial charge in [0.25, 0.3) is 0 Å². The smallest absolute Gasteiger partial charge is 0.238 e. The summed E-state index contributed by atoms with van der Waals surface area (Å²) in [4.78, 5) is 17.8. The van der Waals surface area contributed by atoms with E-state index in [2.05, 4.69) is 191 Å². The first-order chi connectivity index (χ1) is 31.2. The molecule has 12 aromatic rings. The van der Waals surface area contributed by atoms with Gasteiger partial charge >= 0.3 is 0 Å². The Bertz CT molecular complexity index is 3560. The number of benzene rings is 9. The molecule has 0 fully saturated rings. The van der Waals surface area contributed by atoms with Gasteiger partial charge in [0.05, 0.1) is 11.0 Å². The molecule has 6 heteroatoms. The minimum Gasteiger partial charge on any atom is -0.456 e. The highest BCUT2D eigenvalue weighted by atomic mass is 16.3. The van der Waals surface area contributed by atoms with Gasteiger partial charge in [-0.2, -0.15) is 9.97 Å². The summed E-state index contributed by atoms with van der Waals surface area (Å²) < 4.78 is 8.80. The fraction of sp³-hybridized carbons (Fsp3) is 0. The predicted molar refractivity (Wildman–Crippen MR) is 258 cm³/mol. The third-order valence-electron chi connectivity index (χ3n) is 11.9. The van der Waals surface area contributed by atoms with Gasteiger partial charge in [-0.25, -0.2) is 4.98 Å². The lowest BCUT2D eigenvalue weighted by atomic mass is 10.0. The molecule has 12 rings (SSSR count). The Morgan fingerprint density at radius 2 is 0.889 bits per heavy atom. The lowest BCUT2D eigenvalue weighted by molar-refractivity contribution is 0.669.